The Kier molecular flexibility index (Phi) is 15.6. The summed E-state index contributed by atoms with van der Waals surface area (Å²) in [5.41, 5.74) is 5.70. The Bertz CT molecular complexity index is 314. The van der Waals surface area contributed by atoms with Crippen molar-refractivity contribution in [2.75, 3.05) is 19.4 Å². The Morgan fingerprint density at radius 1 is 1.00 bits per heavy atom. The van der Waals surface area contributed by atoms with Crippen molar-refractivity contribution in [2.45, 2.75) is 76.7 Å². The van der Waals surface area contributed by atoms with Crippen LogP contribution < -0.4 is 11.1 Å². The number of nitrogens with one attached hydrogen (secondary N) is 1. The van der Waals surface area contributed by atoms with E-state index in [2.05, 4.69) is 22.7 Å². The number of nitrogens with two attached hydrogens (primary N) is 1. The minimum atomic E-state index is -0.424. The van der Waals surface area contributed by atoms with Crippen molar-refractivity contribution in [3.05, 3.63) is 0 Å². The average Bonchev–Trinajstić information content (AvgIpc) is 2.55. The molecule has 6 heteroatoms. The van der Waals surface area contributed by atoms with Crippen LogP contribution in [0, 0.1) is 0 Å². The fourth-order valence-electron chi connectivity index (χ4n) is 2.35. The molecule has 136 valence electrons. The van der Waals surface area contributed by atoms with E-state index in [0.29, 0.717) is 25.1 Å². The molecule has 0 fully saturated rings. The van der Waals surface area contributed by atoms with Crippen LogP contribution in [0.15, 0.2) is 0 Å². The van der Waals surface area contributed by atoms with Crippen LogP contribution >= 0.6 is 12.6 Å². The van der Waals surface area contributed by atoms with Crippen LogP contribution in [0.5, 0.6) is 0 Å². The Morgan fingerprint density at radius 2 is 1.52 bits per heavy atom. The molecule has 1 unspecified atom stereocenters. The van der Waals surface area contributed by atoms with E-state index in [1.807, 2.05) is 0 Å². The van der Waals surface area contributed by atoms with Gasteiger partial charge in [-0.3, -0.25) is 9.59 Å². The first kappa shape index (κ1) is 22.2. The number of amides is 1. The molecule has 0 rings (SSSR count). The molecule has 0 aliphatic rings. The van der Waals surface area contributed by atoms with Gasteiger partial charge in [-0.1, -0.05) is 44.9 Å². The topological polar surface area (TPSA) is 81.4 Å². The Labute approximate surface area is 146 Å². The fourth-order valence-corrected chi connectivity index (χ4v) is 2.62. The van der Waals surface area contributed by atoms with E-state index in [-0.39, 0.29) is 11.9 Å². The van der Waals surface area contributed by atoms with Crippen LogP contribution in [0.4, 0.5) is 0 Å². The van der Waals surface area contributed by atoms with Gasteiger partial charge in [0.2, 0.25) is 5.91 Å². The molecule has 0 radical (unpaired) electrons. The summed E-state index contributed by atoms with van der Waals surface area (Å²) >= 11 is 4.07. The minimum Gasteiger partial charge on any atom is -0.469 e. The van der Waals surface area contributed by atoms with Crippen LogP contribution in [-0.4, -0.2) is 37.3 Å². The number of methoxy groups -OCH3 is 1. The van der Waals surface area contributed by atoms with E-state index >= 15 is 0 Å². The number of thiol groups is 1. The third kappa shape index (κ3) is 14.6. The van der Waals surface area contributed by atoms with Gasteiger partial charge in [0.1, 0.15) is 0 Å². The van der Waals surface area contributed by atoms with Crippen LogP contribution in [0.25, 0.3) is 0 Å². The molecule has 0 aromatic carbocycles. The summed E-state index contributed by atoms with van der Waals surface area (Å²) in [7, 11) is 1.43. The molecule has 0 aromatic heterocycles. The minimum absolute atomic E-state index is 0.0639. The predicted octanol–water partition coefficient (Wildman–Crippen LogP) is 2.82. The highest BCUT2D eigenvalue weighted by Gasteiger charge is 2.10. The van der Waals surface area contributed by atoms with Gasteiger partial charge < -0.3 is 15.8 Å². The number of unbranched alkanes of at least 4 members (excludes halogenated alkanes) is 8. The molecule has 0 saturated carbocycles. The maximum atomic E-state index is 11.6. The molecule has 5 nitrogen and oxygen atoms in total. The van der Waals surface area contributed by atoms with Gasteiger partial charge in [-0.25, -0.2) is 0 Å². The van der Waals surface area contributed by atoms with E-state index in [1.165, 1.54) is 39.2 Å². The fraction of sp³-hybridized carbons (Fsp3) is 0.882. The first-order valence-corrected chi connectivity index (χ1v) is 9.46. The maximum absolute atomic E-state index is 11.6. The van der Waals surface area contributed by atoms with Crippen molar-refractivity contribution in [2.24, 2.45) is 5.73 Å². The van der Waals surface area contributed by atoms with E-state index in [4.69, 9.17) is 5.73 Å². The first-order chi connectivity index (χ1) is 11.1. The zero-order chi connectivity index (χ0) is 17.3. The molecule has 0 saturated heterocycles. The zero-order valence-electron chi connectivity index (χ0n) is 14.5. The lowest BCUT2D eigenvalue weighted by Crippen LogP contribution is -2.41. The van der Waals surface area contributed by atoms with Gasteiger partial charge in [-0.15, -0.1) is 0 Å². The van der Waals surface area contributed by atoms with Crippen molar-refractivity contribution >= 4 is 24.5 Å². The lowest BCUT2D eigenvalue weighted by molar-refractivity contribution is -0.140. The van der Waals surface area contributed by atoms with Gasteiger partial charge in [0.25, 0.3) is 0 Å². The number of ether oxygens (including phenoxy) is 1. The lowest BCUT2D eigenvalue weighted by atomic mass is 10.1. The number of esters is 1. The Hall–Kier alpha value is -0.750. The van der Waals surface area contributed by atoms with Gasteiger partial charge in [-0.05, 0) is 25.0 Å². The van der Waals surface area contributed by atoms with E-state index in [9.17, 15) is 9.59 Å². The summed E-state index contributed by atoms with van der Waals surface area (Å²) in [6.07, 6.45) is 11.5. The number of carbonyl (C=O) groups excluding carboxylic acids is 2. The molecule has 1 amide bonds. The molecule has 3 N–H and O–H groups in total. The van der Waals surface area contributed by atoms with Crippen LogP contribution in [0.1, 0.15) is 70.6 Å². The van der Waals surface area contributed by atoms with Gasteiger partial charge >= 0.3 is 5.97 Å². The summed E-state index contributed by atoms with van der Waals surface area (Å²) in [5, 5.41) is 2.87. The van der Waals surface area contributed by atoms with Crippen molar-refractivity contribution in [1.29, 1.82) is 0 Å². The normalized spacial score (nSPS) is 12.0. The zero-order valence-corrected chi connectivity index (χ0v) is 15.4. The monoisotopic (exact) mass is 346 g/mol. The van der Waals surface area contributed by atoms with Gasteiger partial charge in [0, 0.05) is 13.0 Å². The molecule has 1 atom stereocenters. The maximum Gasteiger partial charge on any atom is 0.305 e. The quantitative estimate of drug-likeness (QED) is 0.242. The molecule has 0 spiro atoms. The summed E-state index contributed by atoms with van der Waals surface area (Å²) < 4.78 is 4.61. The molecule has 23 heavy (non-hydrogen) atoms. The Morgan fingerprint density at radius 3 is 2.04 bits per heavy atom. The lowest BCUT2D eigenvalue weighted by Gasteiger charge is -2.10. The molecular formula is C17H34N2O3S. The highest BCUT2D eigenvalue weighted by Crippen LogP contribution is 2.10. The predicted molar refractivity (Wildman–Crippen MR) is 97.6 cm³/mol. The molecule has 0 bridgehead atoms. The second kappa shape index (κ2) is 16.1. The third-order valence-electron chi connectivity index (χ3n) is 3.86. The summed E-state index contributed by atoms with van der Waals surface area (Å²) in [5.74, 6) is 0.465. The van der Waals surface area contributed by atoms with Crippen LogP contribution in [0.2, 0.25) is 0 Å². The Balaban J connectivity index is 3.22. The van der Waals surface area contributed by atoms with Gasteiger partial charge in [0.15, 0.2) is 0 Å². The summed E-state index contributed by atoms with van der Waals surface area (Å²) in [6.45, 7) is 0.715. The number of carbonyl (C=O) groups is 2. The summed E-state index contributed by atoms with van der Waals surface area (Å²) in [4.78, 5) is 22.5. The van der Waals surface area contributed by atoms with E-state index in [0.717, 1.165) is 25.7 Å². The highest BCUT2D eigenvalue weighted by atomic mass is 32.1. The molecule has 0 aromatic rings. The van der Waals surface area contributed by atoms with E-state index < -0.39 is 6.04 Å². The van der Waals surface area contributed by atoms with Crippen molar-refractivity contribution in [3.63, 3.8) is 0 Å². The number of hydrogen-bond acceptors (Lipinski definition) is 5. The average molecular weight is 347 g/mol. The third-order valence-corrected chi connectivity index (χ3v) is 4.12. The number of rotatable bonds is 15. The van der Waals surface area contributed by atoms with Crippen LogP contribution in [0.3, 0.4) is 0 Å². The van der Waals surface area contributed by atoms with Crippen molar-refractivity contribution < 1.29 is 14.3 Å². The highest BCUT2D eigenvalue weighted by molar-refractivity contribution is 7.80. The molecular weight excluding hydrogens is 312 g/mol. The SMILES string of the molecule is COC(=O)CCCCCCCCCCCNC(=O)C(N)CCS. The van der Waals surface area contributed by atoms with E-state index in [1.54, 1.807) is 0 Å². The first-order valence-electron chi connectivity index (χ1n) is 8.82. The van der Waals surface area contributed by atoms with Crippen molar-refractivity contribution in [3.8, 4) is 0 Å². The van der Waals surface area contributed by atoms with Crippen molar-refractivity contribution in [1.82, 2.24) is 5.32 Å². The second-order valence-corrected chi connectivity index (χ2v) is 6.37. The van der Waals surface area contributed by atoms with Gasteiger partial charge in [0.05, 0.1) is 13.2 Å². The number of hydrogen-bond donors (Lipinski definition) is 3. The summed E-state index contributed by atoms with van der Waals surface area (Å²) in [6, 6.07) is -0.424. The molecule has 0 aliphatic carbocycles. The smallest absolute Gasteiger partial charge is 0.305 e. The molecule has 0 aliphatic heterocycles. The second-order valence-electron chi connectivity index (χ2n) is 5.92. The largest absolute Gasteiger partial charge is 0.469 e. The molecule has 0 heterocycles. The van der Waals surface area contributed by atoms with Gasteiger partial charge in [-0.2, -0.15) is 12.6 Å². The standard InChI is InChI=1S/C17H34N2O3S/c1-22-16(20)11-9-7-5-3-2-4-6-8-10-13-19-17(21)15(18)12-14-23/h15,23H,2-14,18H2,1H3,(H,19,21). The van der Waals surface area contributed by atoms with Crippen LogP contribution in [-0.2, 0) is 14.3 Å².